The van der Waals surface area contributed by atoms with Gasteiger partial charge in [0.1, 0.15) is 0 Å². The molecular formula is C22H18O4P+. The molecule has 1 aliphatic rings. The molecule has 0 radical (unpaired) electrons. The average molecular weight is 377 g/mol. The molecule has 0 bridgehead atoms. The fourth-order valence-electron chi connectivity index (χ4n) is 3.93. The van der Waals surface area contributed by atoms with Crippen LogP contribution < -0.4 is 9.05 Å². The van der Waals surface area contributed by atoms with Crippen LogP contribution in [0.2, 0.25) is 0 Å². The monoisotopic (exact) mass is 377 g/mol. The molecule has 4 aromatic carbocycles. The zero-order chi connectivity index (χ0) is 18.8. The van der Waals surface area contributed by atoms with Crippen LogP contribution in [0, 0.1) is 13.8 Å². The second-order valence-corrected chi connectivity index (χ2v) is 8.26. The molecule has 0 atom stereocenters. The summed E-state index contributed by atoms with van der Waals surface area (Å²) in [6.45, 7) is 3.82. The predicted molar refractivity (Wildman–Crippen MR) is 109 cm³/mol. The second kappa shape index (κ2) is 5.67. The first kappa shape index (κ1) is 16.5. The van der Waals surface area contributed by atoms with Crippen LogP contribution in [0.4, 0.5) is 0 Å². The molecule has 5 rings (SSSR count). The minimum atomic E-state index is -4.05. The van der Waals surface area contributed by atoms with Gasteiger partial charge >= 0.3 is 8.17 Å². The molecule has 0 aliphatic carbocycles. The minimum Gasteiger partial charge on any atom is -0.253 e. The standard InChI is InChI=1S/C22H18O4P/c1-13-11-15-7-3-5-9-17(15)19-20-18-10-6-4-8-16(18)12-14(2)22(20)26-27(23,24)25-21(13)19/h3-12,23-24H,1-2H3/q+1. The summed E-state index contributed by atoms with van der Waals surface area (Å²) in [5.74, 6) is 0.920. The van der Waals surface area contributed by atoms with Gasteiger partial charge in [-0.15, -0.1) is 0 Å². The van der Waals surface area contributed by atoms with Gasteiger partial charge < -0.3 is 0 Å². The largest absolute Gasteiger partial charge is 0.663 e. The Bertz CT molecular complexity index is 1130. The number of fused-ring (bicyclic) bond motifs is 7. The van der Waals surface area contributed by atoms with E-state index in [2.05, 4.69) is 0 Å². The highest BCUT2D eigenvalue weighted by atomic mass is 31.2. The van der Waals surface area contributed by atoms with Crippen molar-refractivity contribution in [1.29, 1.82) is 0 Å². The maximum atomic E-state index is 10.5. The first-order valence-electron chi connectivity index (χ1n) is 8.73. The summed E-state index contributed by atoms with van der Waals surface area (Å²) >= 11 is 0. The van der Waals surface area contributed by atoms with E-state index in [0.717, 1.165) is 43.8 Å². The number of benzene rings is 4. The van der Waals surface area contributed by atoms with Crippen molar-refractivity contribution in [2.75, 3.05) is 0 Å². The maximum absolute atomic E-state index is 10.5. The lowest BCUT2D eigenvalue weighted by Gasteiger charge is -2.14. The van der Waals surface area contributed by atoms with Crippen molar-refractivity contribution >= 4 is 29.7 Å². The van der Waals surface area contributed by atoms with Crippen LogP contribution in [0.1, 0.15) is 11.1 Å². The number of aryl methyl sites for hydroxylation is 2. The van der Waals surface area contributed by atoms with Gasteiger partial charge in [-0.25, -0.2) is 0 Å². The highest BCUT2D eigenvalue weighted by Gasteiger charge is 2.48. The summed E-state index contributed by atoms with van der Waals surface area (Å²) in [7, 11) is -4.05. The van der Waals surface area contributed by atoms with E-state index in [1.54, 1.807) is 0 Å². The molecule has 0 saturated carbocycles. The summed E-state index contributed by atoms with van der Waals surface area (Å²) in [4.78, 5) is 20.9. The molecule has 134 valence electrons. The highest BCUT2D eigenvalue weighted by Crippen LogP contribution is 2.62. The Morgan fingerprint density at radius 2 is 1.07 bits per heavy atom. The zero-order valence-electron chi connectivity index (χ0n) is 14.9. The molecule has 0 saturated heterocycles. The second-order valence-electron chi connectivity index (χ2n) is 6.91. The van der Waals surface area contributed by atoms with Crippen LogP contribution in [0.15, 0.2) is 60.7 Å². The van der Waals surface area contributed by atoms with Gasteiger partial charge in [0.15, 0.2) is 11.5 Å². The molecule has 1 aliphatic heterocycles. The smallest absolute Gasteiger partial charge is 0.253 e. The number of hydrogen-bond donors (Lipinski definition) is 2. The molecule has 0 amide bonds. The SMILES string of the molecule is Cc1cc2ccccc2c2c1O[P+](O)(O)Oc1c(C)cc3ccccc3c1-2. The normalized spacial score (nSPS) is 14.8. The zero-order valence-corrected chi connectivity index (χ0v) is 15.8. The van der Waals surface area contributed by atoms with E-state index in [4.69, 9.17) is 9.05 Å². The molecule has 0 unspecified atom stereocenters. The molecule has 0 spiro atoms. The third kappa shape index (κ3) is 2.49. The Morgan fingerprint density at radius 1 is 0.667 bits per heavy atom. The Balaban J connectivity index is 2.06. The van der Waals surface area contributed by atoms with E-state index in [9.17, 15) is 9.79 Å². The summed E-state index contributed by atoms with van der Waals surface area (Å²) in [6, 6.07) is 20.1. The topological polar surface area (TPSA) is 58.9 Å². The van der Waals surface area contributed by atoms with Gasteiger partial charge in [0, 0.05) is 11.1 Å². The Kier molecular flexibility index (Phi) is 3.47. The average Bonchev–Trinajstić information content (AvgIpc) is 2.76. The lowest BCUT2D eigenvalue weighted by Crippen LogP contribution is -2.06. The van der Waals surface area contributed by atoms with Gasteiger partial charge in [-0.3, -0.25) is 9.05 Å². The van der Waals surface area contributed by atoms with Gasteiger partial charge in [0.05, 0.1) is 0 Å². The Morgan fingerprint density at radius 3 is 1.52 bits per heavy atom. The van der Waals surface area contributed by atoms with E-state index >= 15 is 0 Å². The van der Waals surface area contributed by atoms with E-state index in [1.165, 1.54) is 0 Å². The molecule has 27 heavy (non-hydrogen) atoms. The van der Waals surface area contributed by atoms with Crippen LogP contribution in [0.5, 0.6) is 11.5 Å². The fourth-order valence-corrected chi connectivity index (χ4v) is 4.91. The van der Waals surface area contributed by atoms with E-state index in [0.29, 0.717) is 11.5 Å². The van der Waals surface area contributed by atoms with E-state index < -0.39 is 8.17 Å². The van der Waals surface area contributed by atoms with E-state index in [-0.39, 0.29) is 0 Å². The fraction of sp³-hybridized carbons (Fsp3) is 0.0909. The van der Waals surface area contributed by atoms with Gasteiger partial charge in [-0.05, 0) is 58.7 Å². The molecule has 4 aromatic rings. The number of rotatable bonds is 0. The number of hydrogen-bond acceptors (Lipinski definition) is 4. The highest BCUT2D eigenvalue weighted by molar-refractivity contribution is 7.55. The maximum Gasteiger partial charge on any atom is 0.663 e. The van der Waals surface area contributed by atoms with Crippen LogP contribution in [0.3, 0.4) is 0 Å². The lowest BCUT2D eigenvalue weighted by molar-refractivity contribution is 0.249. The first-order chi connectivity index (χ1) is 12.9. The summed E-state index contributed by atoms with van der Waals surface area (Å²) in [5.41, 5.74) is 3.34. The molecule has 0 aromatic heterocycles. The van der Waals surface area contributed by atoms with Crippen molar-refractivity contribution in [2.24, 2.45) is 0 Å². The summed E-state index contributed by atoms with van der Waals surface area (Å²) < 4.78 is 11.3. The van der Waals surface area contributed by atoms with Crippen molar-refractivity contribution < 1.29 is 18.8 Å². The van der Waals surface area contributed by atoms with Gasteiger partial charge in [0.25, 0.3) is 0 Å². The minimum absolute atomic E-state index is 0.460. The van der Waals surface area contributed by atoms with E-state index in [1.807, 2.05) is 74.5 Å². The van der Waals surface area contributed by atoms with Crippen molar-refractivity contribution in [3.63, 3.8) is 0 Å². The van der Waals surface area contributed by atoms with Gasteiger partial charge in [-0.2, -0.15) is 9.79 Å². The van der Waals surface area contributed by atoms with Gasteiger partial charge in [-0.1, -0.05) is 48.5 Å². The summed E-state index contributed by atoms with van der Waals surface area (Å²) in [6.07, 6.45) is 0. The van der Waals surface area contributed by atoms with Crippen LogP contribution in [0.25, 0.3) is 32.7 Å². The molecular weight excluding hydrogens is 359 g/mol. The Hall–Kier alpha value is -2.65. The predicted octanol–water partition coefficient (Wildman–Crippen LogP) is 5.71. The summed E-state index contributed by atoms with van der Waals surface area (Å²) in [5, 5.41) is 4.10. The molecule has 2 N–H and O–H groups in total. The van der Waals surface area contributed by atoms with Crippen molar-refractivity contribution in [3.05, 3.63) is 71.8 Å². The van der Waals surface area contributed by atoms with Crippen LogP contribution in [-0.4, -0.2) is 9.79 Å². The van der Waals surface area contributed by atoms with Crippen LogP contribution >= 0.6 is 8.17 Å². The molecule has 4 nitrogen and oxygen atoms in total. The Labute approximate surface area is 157 Å². The first-order valence-corrected chi connectivity index (χ1v) is 10.3. The van der Waals surface area contributed by atoms with Crippen molar-refractivity contribution in [3.8, 4) is 22.6 Å². The molecule has 0 fully saturated rings. The third-order valence-electron chi connectivity index (χ3n) is 5.05. The molecule has 1 heterocycles. The van der Waals surface area contributed by atoms with Crippen molar-refractivity contribution in [2.45, 2.75) is 13.8 Å². The van der Waals surface area contributed by atoms with Crippen LogP contribution in [-0.2, 0) is 0 Å². The lowest BCUT2D eigenvalue weighted by atomic mass is 9.89. The van der Waals surface area contributed by atoms with Gasteiger partial charge in [0.2, 0.25) is 0 Å². The molecule has 5 heteroatoms. The quantitative estimate of drug-likeness (QED) is 0.385. The van der Waals surface area contributed by atoms with Crippen molar-refractivity contribution in [1.82, 2.24) is 0 Å². The third-order valence-corrected chi connectivity index (χ3v) is 5.89.